The number of likely N-dealkylation sites (tertiary alicyclic amines) is 1. The quantitative estimate of drug-likeness (QED) is 0.404. The molecule has 1 N–H and O–H groups in total. The molecule has 1 fully saturated rings. The van der Waals surface area contributed by atoms with Crippen LogP contribution in [-0.2, 0) is 0 Å². The average Bonchev–Trinajstić information content (AvgIpc) is 3.51. The van der Waals surface area contributed by atoms with E-state index >= 15 is 0 Å². The number of fused-ring (bicyclic) bond motifs is 1. The minimum Gasteiger partial charge on any atom is -0.337 e. The van der Waals surface area contributed by atoms with Gasteiger partial charge in [-0.15, -0.1) is 33.3 Å². The molecule has 4 aromatic rings. The van der Waals surface area contributed by atoms with Gasteiger partial charge in [0.05, 0.1) is 22.1 Å². The zero-order chi connectivity index (χ0) is 24.5. The lowest BCUT2D eigenvalue weighted by Crippen LogP contribution is -2.39. The largest absolute Gasteiger partial charge is 0.337 e. The molecule has 0 aliphatic carbocycles. The molecule has 5 rings (SSSR count). The van der Waals surface area contributed by atoms with Crippen LogP contribution in [0.1, 0.15) is 56.1 Å². The SMILES string of the molecule is CSc1ccccc1NC(=O)c1csc(C2CCN(C(=O)c3nnc4cc(C)nn4c3C)CC2)n1. The second-order valence-corrected chi connectivity index (χ2v) is 10.2. The first-order valence-corrected chi connectivity index (χ1v) is 13.4. The maximum Gasteiger partial charge on any atom is 0.276 e. The van der Waals surface area contributed by atoms with Gasteiger partial charge >= 0.3 is 0 Å². The van der Waals surface area contributed by atoms with Crippen LogP contribution in [0.5, 0.6) is 0 Å². The first-order chi connectivity index (χ1) is 16.9. The summed E-state index contributed by atoms with van der Waals surface area (Å²) >= 11 is 3.09. The first kappa shape index (κ1) is 23.4. The van der Waals surface area contributed by atoms with Gasteiger partial charge in [0.1, 0.15) is 5.69 Å². The van der Waals surface area contributed by atoms with Crippen molar-refractivity contribution in [3.8, 4) is 0 Å². The van der Waals surface area contributed by atoms with Crippen LogP contribution in [0.4, 0.5) is 5.69 Å². The lowest BCUT2D eigenvalue weighted by molar-refractivity contribution is 0.0704. The van der Waals surface area contributed by atoms with E-state index in [2.05, 4.69) is 25.6 Å². The summed E-state index contributed by atoms with van der Waals surface area (Å²) in [5.74, 6) is -0.123. The highest BCUT2D eigenvalue weighted by molar-refractivity contribution is 7.98. The van der Waals surface area contributed by atoms with Gasteiger partial charge in [0.25, 0.3) is 11.8 Å². The number of thioether (sulfide) groups is 1. The van der Waals surface area contributed by atoms with Gasteiger partial charge in [0, 0.05) is 35.3 Å². The lowest BCUT2D eigenvalue weighted by Gasteiger charge is -2.31. The second kappa shape index (κ2) is 9.74. The lowest BCUT2D eigenvalue weighted by atomic mass is 9.97. The molecule has 2 amide bonds. The van der Waals surface area contributed by atoms with Crippen LogP contribution in [0.15, 0.2) is 40.6 Å². The Bertz CT molecular complexity index is 1410. The summed E-state index contributed by atoms with van der Waals surface area (Å²) in [6.45, 7) is 4.93. The van der Waals surface area contributed by atoms with Crippen LogP contribution in [0.25, 0.3) is 5.65 Å². The summed E-state index contributed by atoms with van der Waals surface area (Å²) in [6.07, 6.45) is 3.55. The summed E-state index contributed by atoms with van der Waals surface area (Å²) in [6, 6.07) is 9.55. The number of aryl methyl sites for hydroxylation is 2. The molecule has 3 aromatic heterocycles. The Labute approximate surface area is 211 Å². The highest BCUT2D eigenvalue weighted by Gasteiger charge is 2.29. The minimum absolute atomic E-state index is 0.129. The summed E-state index contributed by atoms with van der Waals surface area (Å²) in [5, 5.41) is 18.5. The highest BCUT2D eigenvalue weighted by atomic mass is 32.2. The molecule has 180 valence electrons. The van der Waals surface area contributed by atoms with E-state index in [1.165, 1.54) is 11.3 Å². The average molecular weight is 508 g/mol. The second-order valence-electron chi connectivity index (χ2n) is 8.48. The van der Waals surface area contributed by atoms with Crippen LogP contribution in [0.3, 0.4) is 0 Å². The number of para-hydroxylation sites is 1. The fraction of sp³-hybridized carbons (Fsp3) is 0.333. The van der Waals surface area contributed by atoms with Gasteiger partial charge < -0.3 is 10.2 Å². The van der Waals surface area contributed by atoms with Crippen molar-refractivity contribution >= 4 is 46.2 Å². The maximum atomic E-state index is 13.1. The first-order valence-electron chi connectivity index (χ1n) is 11.3. The summed E-state index contributed by atoms with van der Waals surface area (Å²) in [5.41, 5.74) is 3.70. The van der Waals surface area contributed by atoms with Crippen molar-refractivity contribution in [3.63, 3.8) is 0 Å². The van der Waals surface area contributed by atoms with Crippen molar-refractivity contribution < 1.29 is 9.59 Å². The van der Waals surface area contributed by atoms with Gasteiger partial charge in [-0.2, -0.15) is 5.10 Å². The van der Waals surface area contributed by atoms with Crippen LogP contribution in [0, 0.1) is 13.8 Å². The number of amides is 2. The number of nitrogens with zero attached hydrogens (tertiary/aromatic N) is 6. The molecule has 1 aliphatic rings. The smallest absolute Gasteiger partial charge is 0.276 e. The Morgan fingerprint density at radius 1 is 1.14 bits per heavy atom. The van der Waals surface area contributed by atoms with Crippen molar-refractivity contribution in [3.05, 3.63) is 63.5 Å². The van der Waals surface area contributed by atoms with Crippen molar-refractivity contribution in [2.75, 3.05) is 24.7 Å². The molecule has 0 radical (unpaired) electrons. The minimum atomic E-state index is -0.208. The number of benzene rings is 1. The van der Waals surface area contributed by atoms with Crippen LogP contribution < -0.4 is 5.32 Å². The zero-order valence-corrected chi connectivity index (χ0v) is 21.3. The number of carbonyl (C=O) groups excluding carboxylic acids is 2. The van der Waals surface area contributed by atoms with Crippen molar-refractivity contribution in [1.29, 1.82) is 0 Å². The van der Waals surface area contributed by atoms with E-state index in [4.69, 9.17) is 0 Å². The highest BCUT2D eigenvalue weighted by Crippen LogP contribution is 2.31. The number of nitrogens with one attached hydrogen (secondary N) is 1. The van der Waals surface area contributed by atoms with Crippen LogP contribution in [-0.4, -0.2) is 60.9 Å². The fourth-order valence-corrected chi connectivity index (χ4v) is 5.79. The normalized spacial score (nSPS) is 14.4. The molecule has 11 heteroatoms. The molecule has 0 atom stereocenters. The van der Waals surface area contributed by atoms with E-state index < -0.39 is 0 Å². The van der Waals surface area contributed by atoms with Crippen molar-refractivity contribution in [2.24, 2.45) is 0 Å². The molecule has 35 heavy (non-hydrogen) atoms. The van der Waals surface area contributed by atoms with E-state index in [9.17, 15) is 9.59 Å². The molecule has 1 aromatic carbocycles. The fourth-order valence-electron chi connectivity index (χ4n) is 4.27. The predicted octanol–water partition coefficient (Wildman–Crippen LogP) is 4.19. The Morgan fingerprint density at radius 2 is 1.91 bits per heavy atom. The van der Waals surface area contributed by atoms with E-state index in [0.29, 0.717) is 35.8 Å². The number of hydrogen-bond donors (Lipinski definition) is 1. The predicted molar refractivity (Wildman–Crippen MR) is 136 cm³/mol. The summed E-state index contributed by atoms with van der Waals surface area (Å²) < 4.78 is 1.67. The van der Waals surface area contributed by atoms with E-state index in [1.54, 1.807) is 16.3 Å². The molecule has 0 spiro atoms. The summed E-state index contributed by atoms with van der Waals surface area (Å²) in [7, 11) is 0. The van der Waals surface area contributed by atoms with Crippen molar-refractivity contribution in [1.82, 2.24) is 29.7 Å². The molecule has 1 saturated heterocycles. The molecular formula is C24H25N7O2S2. The van der Waals surface area contributed by atoms with Gasteiger partial charge in [-0.25, -0.2) is 9.50 Å². The molecule has 9 nitrogen and oxygen atoms in total. The molecule has 0 saturated carbocycles. The third-order valence-corrected chi connectivity index (χ3v) is 7.97. The molecule has 0 unspecified atom stereocenters. The van der Waals surface area contributed by atoms with Gasteiger partial charge in [-0.1, -0.05) is 12.1 Å². The third kappa shape index (κ3) is 4.65. The molecule has 4 heterocycles. The van der Waals surface area contributed by atoms with Crippen LogP contribution in [0.2, 0.25) is 0 Å². The van der Waals surface area contributed by atoms with Crippen molar-refractivity contribution in [2.45, 2.75) is 37.5 Å². The van der Waals surface area contributed by atoms with Gasteiger partial charge in [0.15, 0.2) is 11.3 Å². The third-order valence-electron chi connectivity index (χ3n) is 6.17. The Hall–Kier alpha value is -3.31. The Balaban J connectivity index is 1.23. The van der Waals surface area contributed by atoms with Gasteiger partial charge in [0.2, 0.25) is 0 Å². The maximum absolute atomic E-state index is 13.1. The number of thiazole rings is 1. The number of piperidine rings is 1. The van der Waals surface area contributed by atoms with Crippen LogP contribution >= 0.6 is 23.1 Å². The molecule has 0 bridgehead atoms. The zero-order valence-electron chi connectivity index (χ0n) is 19.7. The molecular weight excluding hydrogens is 482 g/mol. The number of carbonyl (C=O) groups is 2. The van der Waals surface area contributed by atoms with E-state index in [1.807, 2.05) is 60.7 Å². The standard InChI is InChI=1S/C24H25N7O2S2/c1-14-12-20-27-28-21(15(2)31(20)29-14)24(33)30-10-8-16(9-11-30)23-26-18(13-35-23)22(32)25-17-6-4-5-7-19(17)34-3/h4-7,12-13,16H,8-11H2,1-3H3,(H,25,32). The molecule has 1 aliphatic heterocycles. The van der Waals surface area contributed by atoms with E-state index in [-0.39, 0.29) is 17.7 Å². The topological polar surface area (TPSA) is 105 Å². The van der Waals surface area contributed by atoms with Gasteiger partial charge in [-0.3, -0.25) is 9.59 Å². The van der Waals surface area contributed by atoms with Gasteiger partial charge in [-0.05, 0) is 45.1 Å². The summed E-state index contributed by atoms with van der Waals surface area (Å²) in [4.78, 5) is 33.4. The Morgan fingerprint density at radius 3 is 2.69 bits per heavy atom. The number of aromatic nitrogens is 5. The number of anilines is 1. The van der Waals surface area contributed by atoms with E-state index in [0.717, 1.165) is 34.1 Å². The Kier molecular flexibility index (Phi) is 6.52. The number of rotatable bonds is 5. The monoisotopic (exact) mass is 507 g/mol. The number of hydrogen-bond acceptors (Lipinski definition) is 8.